The summed E-state index contributed by atoms with van der Waals surface area (Å²) in [5, 5.41) is 5.65. The monoisotopic (exact) mass is 503 g/mol. The highest BCUT2D eigenvalue weighted by molar-refractivity contribution is 7.99. The number of hydrogen-bond acceptors (Lipinski definition) is 6. The Morgan fingerprint density at radius 1 is 1.00 bits per heavy atom. The molecule has 1 aliphatic rings. The fraction of sp³-hybridized carbons (Fsp3) is 0.480. The Hall–Kier alpha value is -2.04. The molecule has 0 unspecified atom stereocenters. The van der Waals surface area contributed by atoms with Crippen LogP contribution >= 0.6 is 11.8 Å². The number of unbranched alkanes of at least 4 members (excludes halogenated alkanes) is 3. The summed E-state index contributed by atoms with van der Waals surface area (Å²) in [5.41, 5.74) is 3.53. The first-order valence-electron chi connectivity index (χ1n) is 12.2. The van der Waals surface area contributed by atoms with Crippen molar-refractivity contribution >= 4 is 38.0 Å². The Bertz CT molecular complexity index is 944. The molecule has 0 bridgehead atoms. The van der Waals surface area contributed by atoms with E-state index in [-0.39, 0.29) is 18.7 Å². The van der Waals surface area contributed by atoms with Crippen molar-refractivity contribution in [1.29, 1.82) is 0 Å². The number of urea groups is 1. The highest BCUT2D eigenvalue weighted by Gasteiger charge is 2.30. The Balaban J connectivity index is 1.55. The molecular weight excluding hydrogens is 466 g/mol. The molecule has 0 spiro atoms. The number of anilines is 2. The second kappa shape index (κ2) is 13.2. The van der Waals surface area contributed by atoms with Crippen LogP contribution in [0.2, 0.25) is 6.04 Å². The van der Waals surface area contributed by atoms with E-state index in [0.29, 0.717) is 19.5 Å². The summed E-state index contributed by atoms with van der Waals surface area (Å²) >= 11 is 1.78. The zero-order valence-electron chi connectivity index (χ0n) is 20.2. The topological polar surface area (TPSA) is 94.1 Å². The summed E-state index contributed by atoms with van der Waals surface area (Å²) < 4.78 is 4.97. The van der Waals surface area contributed by atoms with Crippen molar-refractivity contribution in [3.05, 3.63) is 48.0 Å². The molecule has 1 heterocycles. The minimum Gasteiger partial charge on any atom is -0.390 e. The van der Waals surface area contributed by atoms with E-state index in [1.165, 1.54) is 40.4 Å². The van der Waals surface area contributed by atoms with Gasteiger partial charge in [0.05, 0.1) is 11.4 Å². The normalized spacial score (nSPS) is 12.8. The lowest BCUT2D eigenvalue weighted by Gasteiger charge is -2.33. The van der Waals surface area contributed by atoms with Crippen LogP contribution in [0.25, 0.3) is 0 Å². The Morgan fingerprint density at radius 3 is 2.59 bits per heavy atom. The number of carbonyl (C=O) groups is 1. The van der Waals surface area contributed by atoms with Gasteiger partial charge < -0.3 is 29.6 Å². The van der Waals surface area contributed by atoms with E-state index >= 15 is 0 Å². The van der Waals surface area contributed by atoms with E-state index in [1.807, 2.05) is 0 Å². The maximum Gasteiger partial charge on any atom is 0.495 e. The summed E-state index contributed by atoms with van der Waals surface area (Å²) in [6.45, 7) is 6.02. The third kappa shape index (κ3) is 7.74. The zero-order valence-corrected chi connectivity index (χ0v) is 22.0. The summed E-state index contributed by atoms with van der Waals surface area (Å²) in [4.78, 5) is 36.5. The van der Waals surface area contributed by atoms with Gasteiger partial charge >= 0.3 is 14.8 Å². The van der Waals surface area contributed by atoms with E-state index in [2.05, 4.69) is 64.9 Å². The number of amides is 2. The number of nitrogens with zero attached hydrogens (tertiary/aromatic N) is 1. The largest absolute Gasteiger partial charge is 0.495 e. The average molecular weight is 504 g/mol. The third-order valence-corrected chi connectivity index (χ3v) is 8.59. The van der Waals surface area contributed by atoms with Crippen molar-refractivity contribution in [3.63, 3.8) is 0 Å². The molecule has 0 aliphatic carbocycles. The van der Waals surface area contributed by atoms with Gasteiger partial charge in [-0.05, 0) is 49.6 Å². The highest BCUT2D eigenvalue weighted by atomic mass is 32.2. The Morgan fingerprint density at radius 2 is 1.79 bits per heavy atom. The lowest BCUT2D eigenvalue weighted by Crippen LogP contribution is -2.40. The minimum atomic E-state index is -3.58. The molecule has 0 aromatic heterocycles. The molecule has 1 aliphatic heterocycles. The van der Waals surface area contributed by atoms with Crippen LogP contribution in [0.15, 0.2) is 52.3 Å². The number of benzene rings is 2. The first kappa shape index (κ1) is 26.6. The predicted molar refractivity (Wildman–Crippen MR) is 140 cm³/mol. The van der Waals surface area contributed by atoms with Crippen molar-refractivity contribution in [3.8, 4) is 0 Å². The molecule has 0 fully saturated rings. The lowest BCUT2D eigenvalue weighted by atomic mass is 10.1. The molecular formula is C25H37N3O4SSi. The minimum absolute atomic E-state index is 0.166. The van der Waals surface area contributed by atoms with Gasteiger partial charge in [0.1, 0.15) is 0 Å². The summed E-state index contributed by atoms with van der Waals surface area (Å²) in [6.07, 6.45) is 5.34. The molecule has 186 valence electrons. The van der Waals surface area contributed by atoms with Gasteiger partial charge in [-0.3, -0.25) is 0 Å². The highest BCUT2D eigenvalue weighted by Crippen LogP contribution is 2.48. The molecule has 34 heavy (non-hydrogen) atoms. The van der Waals surface area contributed by atoms with Crippen LogP contribution in [0, 0.1) is 0 Å². The van der Waals surface area contributed by atoms with Gasteiger partial charge in [0.25, 0.3) is 0 Å². The van der Waals surface area contributed by atoms with Gasteiger partial charge in [-0.2, -0.15) is 0 Å². The lowest BCUT2D eigenvalue weighted by molar-refractivity contribution is 0.155. The first-order chi connectivity index (χ1) is 16.4. The number of carbonyl (C=O) groups excluding carboxylic acids is 1. The molecule has 0 atom stereocenters. The number of hydrogen-bond donors (Lipinski definition) is 4. The van der Waals surface area contributed by atoms with Crippen LogP contribution in [-0.4, -0.2) is 44.1 Å². The van der Waals surface area contributed by atoms with Gasteiger partial charge in [0.15, 0.2) is 0 Å². The van der Waals surface area contributed by atoms with E-state index in [0.717, 1.165) is 18.5 Å². The number of fused-ring (bicyclic) bond motifs is 2. The molecule has 2 aromatic rings. The fourth-order valence-corrected chi connectivity index (χ4v) is 6.40. The molecule has 0 saturated carbocycles. The Kier molecular flexibility index (Phi) is 10.3. The standard InChI is InChI=1S/C25H37N3O4SSi/c1-3-5-6-9-16-28-21-11-7-8-12-23(21)33-24-18-20(13-14-22(24)28)19-27-25(29)26-15-10-17-34(30,31)32-4-2/h7-8,11-14,18,30-31H,3-6,9-10,15-17,19H2,1-2H3,(H2,26,27,29). The van der Waals surface area contributed by atoms with Gasteiger partial charge in [-0.15, -0.1) is 0 Å². The zero-order chi connectivity index (χ0) is 24.4. The van der Waals surface area contributed by atoms with Crippen molar-refractivity contribution in [2.75, 3.05) is 24.6 Å². The van der Waals surface area contributed by atoms with Crippen LogP contribution in [-0.2, 0) is 11.0 Å². The third-order valence-electron chi connectivity index (χ3n) is 5.72. The van der Waals surface area contributed by atoms with Crippen molar-refractivity contribution in [2.45, 2.75) is 68.3 Å². The molecule has 3 rings (SSSR count). The van der Waals surface area contributed by atoms with Crippen LogP contribution in [0.5, 0.6) is 0 Å². The predicted octanol–water partition coefficient (Wildman–Crippen LogP) is 5.02. The molecule has 9 heteroatoms. The van der Waals surface area contributed by atoms with Crippen molar-refractivity contribution < 1.29 is 18.8 Å². The molecule has 2 aromatic carbocycles. The molecule has 0 radical (unpaired) electrons. The molecule has 4 N–H and O–H groups in total. The SMILES string of the molecule is CCCCCCN1c2ccccc2Sc2cc(CNC(=O)NCCC[Si](O)(O)OCC)ccc21. The van der Waals surface area contributed by atoms with Crippen molar-refractivity contribution in [1.82, 2.24) is 10.6 Å². The second-order valence-electron chi connectivity index (χ2n) is 8.47. The van der Waals surface area contributed by atoms with E-state index in [1.54, 1.807) is 18.7 Å². The summed E-state index contributed by atoms with van der Waals surface area (Å²) in [6, 6.07) is 14.8. The quantitative estimate of drug-likeness (QED) is 0.227. The summed E-state index contributed by atoms with van der Waals surface area (Å²) in [7, 11) is -3.58. The average Bonchev–Trinajstić information content (AvgIpc) is 2.82. The second-order valence-corrected chi connectivity index (χ2v) is 11.8. The van der Waals surface area contributed by atoms with E-state index < -0.39 is 8.80 Å². The fourth-order valence-electron chi connectivity index (χ4n) is 3.99. The maximum atomic E-state index is 12.2. The van der Waals surface area contributed by atoms with Crippen molar-refractivity contribution in [2.24, 2.45) is 0 Å². The first-order valence-corrected chi connectivity index (χ1v) is 15.0. The smallest absolute Gasteiger partial charge is 0.390 e. The van der Waals surface area contributed by atoms with Crippen LogP contribution in [0.3, 0.4) is 0 Å². The van der Waals surface area contributed by atoms with Gasteiger partial charge in [0, 0.05) is 42.1 Å². The molecule has 7 nitrogen and oxygen atoms in total. The van der Waals surface area contributed by atoms with Crippen LogP contribution in [0.1, 0.15) is 51.5 Å². The van der Waals surface area contributed by atoms with Gasteiger partial charge in [-0.1, -0.05) is 56.1 Å². The number of para-hydroxylation sites is 1. The van der Waals surface area contributed by atoms with E-state index in [9.17, 15) is 14.4 Å². The van der Waals surface area contributed by atoms with E-state index in [4.69, 9.17) is 4.43 Å². The van der Waals surface area contributed by atoms with Gasteiger partial charge in [0.2, 0.25) is 0 Å². The molecule has 0 saturated heterocycles. The summed E-state index contributed by atoms with van der Waals surface area (Å²) in [5.74, 6) is 0. The Labute approximate surface area is 208 Å². The maximum absolute atomic E-state index is 12.2. The van der Waals surface area contributed by atoms with Crippen LogP contribution in [0.4, 0.5) is 16.2 Å². The molecule has 2 amide bonds. The van der Waals surface area contributed by atoms with Crippen LogP contribution < -0.4 is 15.5 Å². The number of nitrogens with one attached hydrogen (secondary N) is 2. The van der Waals surface area contributed by atoms with Gasteiger partial charge in [-0.25, -0.2) is 4.79 Å². The number of rotatable bonds is 13.